The number of nitrogens with two attached hydrogens (primary N) is 1. The van der Waals surface area contributed by atoms with Crippen LogP contribution in [0.25, 0.3) is 0 Å². The lowest BCUT2D eigenvalue weighted by Gasteiger charge is -2.03. The molecule has 0 saturated heterocycles. The molecule has 0 aromatic heterocycles. The number of carbonyl (C=O) groups is 2. The van der Waals surface area contributed by atoms with Crippen molar-refractivity contribution in [3.05, 3.63) is 72.9 Å². The molecule has 0 rings (SSSR count). The molecule has 0 atom stereocenters. The van der Waals surface area contributed by atoms with Crippen LogP contribution in [-0.4, -0.2) is 29.9 Å². The number of thioether (sulfide) groups is 1. The zero-order valence-electron chi connectivity index (χ0n) is 19.0. The average molecular weight is 445 g/mol. The highest BCUT2D eigenvalue weighted by atomic mass is 32.2. The van der Waals surface area contributed by atoms with Gasteiger partial charge in [-0.25, -0.2) is 0 Å². The molecule has 0 aromatic carbocycles. The largest absolute Gasteiger partial charge is 0.369 e. The molecule has 0 bridgehead atoms. The monoisotopic (exact) mass is 444 g/mol. The van der Waals surface area contributed by atoms with Crippen LogP contribution in [0.5, 0.6) is 0 Å². The van der Waals surface area contributed by atoms with Gasteiger partial charge in [0.05, 0.1) is 5.75 Å². The number of allylic oxidation sites excluding steroid dienone is 12. The number of amides is 2. The Morgan fingerprint density at radius 1 is 0.742 bits per heavy atom. The first-order valence-corrected chi connectivity index (χ1v) is 12.3. The summed E-state index contributed by atoms with van der Waals surface area (Å²) in [4.78, 5) is 22.2. The Morgan fingerprint density at radius 3 is 1.65 bits per heavy atom. The second kappa shape index (κ2) is 24.0. The smallest absolute Gasteiger partial charge is 0.227 e. The van der Waals surface area contributed by atoms with Crippen LogP contribution >= 0.6 is 11.8 Å². The highest BCUT2D eigenvalue weighted by Gasteiger charge is 1.99. The number of nitrogens with one attached hydrogen (secondary N) is 1. The molecule has 0 spiro atoms. The molecule has 0 unspecified atom stereocenters. The zero-order chi connectivity index (χ0) is 22.8. The molecule has 0 heterocycles. The van der Waals surface area contributed by atoms with Crippen LogP contribution in [0.2, 0.25) is 0 Å². The lowest BCUT2D eigenvalue weighted by molar-refractivity contribution is -0.121. The minimum Gasteiger partial charge on any atom is -0.369 e. The van der Waals surface area contributed by atoms with Crippen LogP contribution in [0, 0.1) is 0 Å². The van der Waals surface area contributed by atoms with Gasteiger partial charge < -0.3 is 11.1 Å². The summed E-state index contributed by atoms with van der Waals surface area (Å²) in [6.45, 7) is 2.72. The number of hydrogen-bond acceptors (Lipinski definition) is 3. The average Bonchev–Trinajstić information content (AvgIpc) is 2.75. The summed E-state index contributed by atoms with van der Waals surface area (Å²) < 4.78 is 0. The Morgan fingerprint density at radius 2 is 1.19 bits per heavy atom. The van der Waals surface area contributed by atoms with Crippen molar-refractivity contribution in [1.82, 2.24) is 5.32 Å². The first kappa shape index (κ1) is 28.7. The third kappa shape index (κ3) is 25.7. The Hall–Kier alpha value is -2.27. The molecule has 0 radical (unpaired) electrons. The topological polar surface area (TPSA) is 72.2 Å². The third-order valence-electron chi connectivity index (χ3n) is 3.95. The second-order valence-corrected chi connectivity index (χ2v) is 7.93. The van der Waals surface area contributed by atoms with E-state index in [0.717, 1.165) is 44.9 Å². The van der Waals surface area contributed by atoms with Crippen molar-refractivity contribution in [2.45, 2.75) is 58.3 Å². The van der Waals surface area contributed by atoms with E-state index in [1.807, 2.05) is 6.08 Å². The van der Waals surface area contributed by atoms with Crippen LogP contribution < -0.4 is 11.1 Å². The first-order chi connectivity index (χ1) is 15.2. The first-order valence-electron chi connectivity index (χ1n) is 11.2. The van der Waals surface area contributed by atoms with Gasteiger partial charge in [-0.2, -0.15) is 11.8 Å². The SMILES string of the molecule is CC/C=C\C/C=C\C/C=C\C/C=C\C/C=C\C/C=C\CCC(=O)NCCSCC(N)=O. The minimum absolute atomic E-state index is 0.0409. The van der Waals surface area contributed by atoms with Gasteiger partial charge in [-0.3, -0.25) is 9.59 Å². The fourth-order valence-corrected chi connectivity index (χ4v) is 2.97. The van der Waals surface area contributed by atoms with Gasteiger partial charge in [-0.05, 0) is 44.9 Å². The number of hydrogen-bond donors (Lipinski definition) is 2. The van der Waals surface area contributed by atoms with E-state index in [0.29, 0.717) is 24.5 Å². The highest BCUT2D eigenvalue weighted by Crippen LogP contribution is 1.99. The molecule has 4 nitrogen and oxygen atoms in total. The van der Waals surface area contributed by atoms with E-state index < -0.39 is 0 Å². The van der Waals surface area contributed by atoms with Gasteiger partial charge in [0, 0.05) is 18.7 Å². The Bertz CT molecular complexity index is 631. The van der Waals surface area contributed by atoms with Crippen molar-refractivity contribution in [2.24, 2.45) is 5.73 Å². The third-order valence-corrected chi connectivity index (χ3v) is 4.93. The quantitative estimate of drug-likeness (QED) is 0.195. The summed E-state index contributed by atoms with van der Waals surface area (Å²) in [5.41, 5.74) is 5.05. The van der Waals surface area contributed by atoms with Gasteiger partial charge >= 0.3 is 0 Å². The molecule has 0 aliphatic carbocycles. The summed E-state index contributed by atoms with van der Waals surface area (Å²) in [5, 5.41) is 2.84. The highest BCUT2D eigenvalue weighted by molar-refractivity contribution is 7.99. The van der Waals surface area contributed by atoms with Crippen LogP contribution in [0.3, 0.4) is 0 Å². The molecule has 0 aliphatic heterocycles. The molecule has 0 fully saturated rings. The maximum atomic E-state index is 11.6. The summed E-state index contributed by atoms with van der Waals surface area (Å²) in [7, 11) is 0. The maximum absolute atomic E-state index is 11.6. The Labute approximate surface area is 193 Å². The molecule has 31 heavy (non-hydrogen) atoms. The van der Waals surface area contributed by atoms with Gasteiger partial charge in [-0.1, -0.05) is 79.8 Å². The van der Waals surface area contributed by atoms with Crippen LogP contribution in [0.15, 0.2) is 72.9 Å². The zero-order valence-corrected chi connectivity index (χ0v) is 19.8. The van der Waals surface area contributed by atoms with Crippen molar-refractivity contribution in [3.63, 3.8) is 0 Å². The molecule has 0 saturated carbocycles. The molecule has 0 aromatic rings. The van der Waals surface area contributed by atoms with Gasteiger partial charge in [0.2, 0.25) is 11.8 Å². The summed E-state index contributed by atoms with van der Waals surface area (Å²) in [6, 6.07) is 0. The van der Waals surface area contributed by atoms with Crippen LogP contribution in [0.1, 0.15) is 58.3 Å². The second-order valence-electron chi connectivity index (χ2n) is 6.82. The van der Waals surface area contributed by atoms with E-state index in [2.05, 4.69) is 79.1 Å². The van der Waals surface area contributed by atoms with Crippen molar-refractivity contribution in [3.8, 4) is 0 Å². The number of carbonyl (C=O) groups excluding carboxylic acids is 2. The standard InChI is InChI=1S/C26H40N2O2S/c1-2-3-4-5-6-7-8-9-10-11-12-13-14-15-16-17-18-19-20-21-26(30)28-22-23-31-24-25(27)29/h3-4,6-7,9-10,12-13,15-16,18-19H,2,5,8,11,14,17,20-24H2,1H3,(H2,27,29)(H,28,30)/b4-3-,7-6-,10-9-,13-12-,16-15-,19-18-. The fourth-order valence-electron chi connectivity index (χ4n) is 2.38. The van der Waals surface area contributed by atoms with Crippen molar-refractivity contribution in [1.29, 1.82) is 0 Å². The molecule has 172 valence electrons. The van der Waals surface area contributed by atoms with Crippen molar-refractivity contribution >= 4 is 23.6 Å². The van der Waals surface area contributed by atoms with Crippen LogP contribution in [0.4, 0.5) is 0 Å². The molecule has 2 amide bonds. The minimum atomic E-state index is -0.325. The van der Waals surface area contributed by atoms with E-state index in [9.17, 15) is 9.59 Å². The molecular weight excluding hydrogens is 404 g/mol. The van der Waals surface area contributed by atoms with Gasteiger partial charge in [-0.15, -0.1) is 0 Å². The van der Waals surface area contributed by atoms with E-state index in [1.165, 1.54) is 11.8 Å². The molecular formula is C26H40N2O2S. The summed E-state index contributed by atoms with van der Waals surface area (Å²) in [6.07, 6.45) is 33.2. The predicted molar refractivity (Wildman–Crippen MR) is 137 cm³/mol. The molecule has 0 aliphatic rings. The lowest BCUT2D eigenvalue weighted by atomic mass is 10.2. The van der Waals surface area contributed by atoms with Crippen LogP contribution in [-0.2, 0) is 9.59 Å². The fraction of sp³-hybridized carbons (Fsp3) is 0.462. The number of rotatable bonds is 19. The molecule has 5 heteroatoms. The van der Waals surface area contributed by atoms with Gasteiger partial charge in [0.15, 0.2) is 0 Å². The van der Waals surface area contributed by atoms with E-state index in [4.69, 9.17) is 5.73 Å². The van der Waals surface area contributed by atoms with Gasteiger partial charge in [0.1, 0.15) is 0 Å². The number of primary amides is 1. The van der Waals surface area contributed by atoms with E-state index >= 15 is 0 Å². The Kier molecular flexibility index (Phi) is 22.2. The summed E-state index contributed by atoms with van der Waals surface area (Å²) >= 11 is 1.43. The maximum Gasteiger partial charge on any atom is 0.227 e. The Balaban J connectivity index is 3.55. The predicted octanol–water partition coefficient (Wildman–Crippen LogP) is 5.80. The van der Waals surface area contributed by atoms with E-state index in [1.54, 1.807) is 0 Å². The van der Waals surface area contributed by atoms with Crippen molar-refractivity contribution in [2.75, 3.05) is 18.1 Å². The van der Waals surface area contributed by atoms with Crippen molar-refractivity contribution < 1.29 is 9.59 Å². The van der Waals surface area contributed by atoms with E-state index in [-0.39, 0.29) is 11.8 Å². The summed E-state index contributed by atoms with van der Waals surface area (Å²) in [5.74, 6) is 0.719. The lowest BCUT2D eigenvalue weighted by Crippen LogP contribution is -2.25. The van der Waals surface area contributed by atoms with Gasteiger partial charge in [0.25, 0.3) is 0 Å². The molecule has 3 N–H and O–H groups in total. The normalized spacial score (nSPS) is 12.5.